The number of nitrogens with zero attached hydrogens (tertiary/aromatic N) is 2. The van der Waals surface area contributed by atoms with Crippen molar-refractivity contribution >= 4 is 5.97 Å². The zero-order valence-electron chi connectivity index (χ0n) is 10.7. The number of aliphatic carboxylic acids is 1. The summed E-state index contributed by atoms with van der Waals surface area (Å²) in [6, 6.07) is 0. The monoisotopic (exact) mass is 279 g/mol. The summed E-state index contributed by atoms with van der Waals surface area (Å²) in [5.41, 5.74) is -1.89. The Hall–Kier alpha value is -1.57. The minimum absolute atomic E-state index is 0.237. The van der Waals surface area contributed by atoms with Gasteiger partial charge < -0.3 is 10.4 Å². The van der Waals surface area contributed by atoms with E-state index in [1.54, 1.807) is 0 Å². The molecule has 0 saturated heterocycles. The van der Waals surface area contributed by atoms with Crippen LogP contribution in [-0.4, -0.2) is 33.4 Å². The normalized spacial score (nSPS) is 15.2. The third-order valence-corrected chi connectivity index (χ3v) is 3.05. The number of rotatable bonds is 6. The lowest BCUT2D eigenvalue weighted by Gasteiger charge is -2.23. The lowest BCUT2D eigenvalue weighted by Crippen LogP contribution is -2.47. The van der Waals surface area contributed by atoms with E-state index < -0.39 is 23.2 Å². The van der Waals surface area contributed by atoms with Crippen molar-refractivity contribution < 1.29 is 23.1 Å². The van der Waals surface area contributed by atoms with Crippen molar-refractivity contribution in [2.45, 2.75) is 38.0 Å². The van der Waals surface area contributed by atoms with E-state index >= 15 is 0 Å². The lowest BCUT2D eigenvalue weighted by atomic mass is 9.96. The maximum absolute atomic E-state index is 12.3. The SMILES string of the molecule is CNC(C)(CCCn1cc(C(F)(F)F)cn1)C(=O)O. The molecule has 0 aliphatic carbocycles. The first-order chi connectivity index (χ1) is 8.69. The molecule has 8 heteroatoms. The average molecular weight is 279 g/mol. The van der Waals surface area contributed by atoms with Crippen LogP contribution in [0.25, 0.3) is 0 Å². The van der Waals surface area contributed by atoms with Gasteiger partial charge in [0.2, 0.25) is 0 Å². The van der Waals surface area contributed by atoms with E-state index in [4.69, 9.17) is 5.11 Å². The van der Waals surface area contributed by atoms with Crippen LogP contribution in [0, 0.1) is 0 Å². The first kappa shape index (κ1) is 15.5. The number of alkyl halides is 3. The summed E-state index contributed by atoms with van der Waals surface area (Å²) < 4.78 is 38.2. The highest BCUT2D eigenvalue weighted by Gasteiger charge is 2.32. The number of aryl methyl sites for hydroxylation is 1. The van der Waals surface area contributed by atoms with Crippen LogP contribution in [0.15, 0.2) is 12.4 Å². The van der Waals surface area contributed by atoms with E-state index in [0.717, 1.165) is 12.4 Å². The van der Waals surface area contributed by atoms with Gasteiger partial charge in [-0.3, -0.25) is 9.48 Å². The molecular formula is C11H16F3N3O2. The molecule has 2 N–H and O–H groups in total. The predicted molar refractivity (Wildman–Crippen MR) is 61.6 cm³/mol. The predicted octanol–water partition coefficient (Wildman–Crippen LogP) is 1.74. The summed E-state index contributed by atoms with van der Waals surface area (Å²) in [7, 11) is 1.53. The molecule has 1 aromatic rings. The van der Waals surface area contributed by atoms with Crippen LogP contribution in [0.5, 0.6) is 0 Å². The third kappa shape index (κ3) is 3.95. The van der Waals surface area contributed by atoms with E-state index in [9.17, 15) is 18.0 Å². The topological polar surface area (TPSA) is 67.2 Å². The zero-order valence-corrected chi connectivity index (χ0v) is 10.7. The molecule has 1 atom stereocenters. The van der Waals surface area contributed by atoms with Gasteiger partial charge >= 0.3 is 12.1 Å². The van der Waals surface area contributed by atoms with Crippen LogP contribution < -0.4 is 5.32 Å². The highest BCUT2D eigenvalue weighted by Crippen LogP contribution is 2.28. The fourth-order valence-corrected chi connectivity index (χ4v) is 1.57. The Morgan fingerprint density at radius 1 is 1.53 bits per heavy atom. The van der Waals surface area contributed by atoms with E-state index in [0.29, 0.717) is 12.8 Å². The van der Waals surface area contributed by atoms with Crippen LogP contribution in [-0.2, 0) is 17.5 Å². The molecule has 19 heavy (non-hydrogen) atoms. The standard InChI is InChI=1S/C11H16F3N3O2/c1-10(15-2,9(18)19)4-3-5-17-7-8(6-16-17)11(12,13)14/h6-7,15H,3-5H2,1-2H3,(H,18,19). The second-order valence-electron chi connectivity index (χ2n) is 4.48. The van der Waals surface area contributed by atoms with Crippen molar-refractivity contribution in [1.82, 2.24) is 15.1 Å². The van der Waals surface area contributed by atoms with Gasteiger partial charge in [-0.25, -0.2) is 0 Å². The Balaban J connectivity index is 2.54. The van der Waals surface area contributed by atoms with Crippen molar-refractivity contribution in [1.29, 1.82) is 0 Å². The molecule has 0 aliphatic rings. The molecule has 0 aromatic carbocycles. The van der Waals surface area contributed by atoms with Crippen LogP contribution in [0.2, 0.25) is 0 Å². The molecule has 1 rings (SSSR count). The maximum Gasteiger partial charge on any atom is 0.419 e. The highest BCUT2D eigenvalue weighted by atomic mass is 19.4. The summed E-state index contributed by atoms with van der Waals surface area (Å²) in [6.07, 6.45) is -2.03. The Morgan fingerprint density at radius 3 is 2.58 bits per heavy atom. The van der Waals surface area contributed by atoms with Gasteiger partial charge in [-0.15, -0.1) is 0 Å². The van der Waals surface area contributed by atoms with Crippen molar-refractivity contribution in [3.05, 3.63) is 18.0 Å². The van der Waals surface area contributed by atoms with E-state index in [1.807, 2.05) is 0 Å². The Labute approximate surface area is 108 Å². The van der Waals surface area contributed by atoms with Gasteiger partial charge in [0.25, 0.3) is 0 Å². The summed E-state index contributed by atoms with van der Waals surface area (Å²) in [5.74, 6) is -0.994. The summed E-state index contributed by atoms with van der Waals surface area (Å²) in [5, 5.41) is 15.3. The van der Waals surface area contributed by atoms with Crippen LogP contribution in [0.1, 0.15) is 25.3 Å². The molecule has 0 radical (unpaired) electrons. The molecule has 0 amide bonds. The van der Waals surface area contributed by atoms with Gasteiger partial charge in [0.1, 0.15) is 5.54 Å². The zero-order chi connectivity index (χ0) is 14.7. The summed E-state index contributed by atoms with van der Waals surface area (Å²) >= 11 is 0. The number of carbonyl (C=O) groups is 1. The van der Waals surface area contributed by atoms with Gasteiger partial charge in [-0.2, -0.15) is 18.3 Å². The average Bonchev–Trinajstić information content (AvgIpc) is 2.77. The Morgan fingerprint density at radius 2 is 2.16 bits per heavy atom. The number of hydrogen-bond donors (Lipinski definition) is 2. The van der Waals surface area contributed by atoms with E-state index in [-0.39, 0.29) is 6.54 Å². The van der Waals surface area contributed by atoms with Crippen LogP contribution in [0.3, 0.4) is 0 Å². The summed E-state index contributed by atoms with van der Waals surface area (Å²) in [6.45, 7) is 1.76. The summed E-state index contributed by atoms with van der Waals surface area (Å²) in [4.78, 5) is 11.0. The quantitative estimate of drug-likeness (QED) is 0.832. The van der Waals surface area contributed by atoms with E-state index in [2.05, 4.69) is 10.4 Å². The fourth-order valence-electron chi connectivity index (χ4n) is 1.57. The van der Waals surface area contributed by atoms with Crippen LogP contribution >= 0.6 is 0 Å². The molecule has 0 spiro atoms. The number of hydrogen-bond acceptors (Lipinski definition) is 3. The molecular weight excluding hydrogens is 263 g/mol. The number of carboxylic acid groups (broad SMARTS) is 1. The van der Waals surface area contributed by atoms with Gasteiger partial charge in [0.15, 0.2) is 0 Å². The minimum Gasteiger partial charge on any atom is -0.480 e. The van der Waals surface area contributed by atoms with E-state index in [1.165, 1.54) is 18.7 Å². The fraction of sp³-hybridized carbons (Fsp3) is 0.636. The minimum atomic E-state index is -4.40. The molecule has 108 valence electrons. The number of halogens is 3. The molecule has 1 unspecified atom stereocenters. The van der Waals surface area contributed by atoms with Crippen LogP contribution in [0.4, 0.5) is 13.2 Å². The van der Waals surface area contributed by atoms with Crippen molar-refractivity contribution in [2.75, 3.05) is 7.05 Å². The highest BCUT2D eigenvalue weighted by molar-refractivity contribution is 5.78. The molecule has 0 bridgehead atoms. The lowest BCUT2D eigenvalue weighted by molar-refractivity contribution is -0.144. The van der Waals surface area contributed by atoms with Gasteiger partial charge in [-0.05, 0) is 26.8 Å². The number of aromatic nitrogens is 2. The molecule has 0 fully saturated rings. The van der Waals surface area contributed by atoms with Crippen molar-refractivity contribution in [3.63, 3.8) is 0 Å². The molecule has 5 nitrogen and oxygen atoms in total. The second kappa shape index (κ2) is 5.60. The first-order valence-corrected chi connectivity index (χ1v) is 5.71. The van der Waals surface area contributed by atoms with Gasteiger partial charge in [0, 0.05) is 12.7 Å². The maximum atomic E-state index is 12.3. The first-order valence-electron chi connectivity index (χ1n) is 5.71. The van der Waals surface area contributed by atoms with Gasteiger partial charge in [-0.1, -0.05) is 0 Å². The molecule has 1 aromatic heterocycles. The van der Waals surface area contributed by atoms with Crippen molar-refractivity contribution in [2.24, 2.45) is 0 Å². The Bertz CT molecular complexity index is 445. The third-order valence-electron chi connectivity index (χ3n) is 3.05. The molecule has 0 aliphatic heterocycles. The smallest absolute Gasteiger partial charge is 0.419 e. The second-order valence-corrected chi connectivity index (χ2v) is 4.48. The molecule has 0 saturated carbocycles. The number of likely N-dealkylation sites (N-methyl/N-ethyl adjacent to an activating group) is 1. The Kier molecular flexibility index (Phi) is 4.56. The largest absolute Gasteiger partial charge is 0.480 e. The van der Waals surface area contributed by atoms with Gasteiger partial charge in [0.05, 0.1) is 11.8 Å². The van der Waals surface area contributed by atoms with Crippen molar-refractivity contribution in [3.8, 4) is 0 Å². The molecule has 1 heterocycles. The number of carboxylic acids is 1. The number of nitrogens with one attached hydrogen (secondary N) is 1.